The summed E-state index contributed by atoms with van der Waals surface area (Å²) in [4.78, 5) is 67.1. The number of carbonyl (C=O) groups is 5. The van der Waals surface area contributed by atoms with Crippen molar-refractivity contribution in [3.05, 3.63) is 135 Å². The van der Waals surface area contributed by atoms with E-state index in [-0.39, 0.29) is 104 Å². The van der Waals surface area contributed by atoms with Crippen molar-refractivity contribution in [2.75, 3.05) is 40.4 Å². The molecule has 338 valence electrons. The van der Waals surface area contributed by atoms with Crippen molar-refractivity contribution in [1.29, 1.82) is 0 Å². The summed E-state index contributed by atoms with van der Waals surface area (Å²) in [6, 6.07) is 24.2. The number of rotatable bonds is 12. The number of aliphatic hydroxyl groups is 1. The molecule has 4 aromatic carbocycles. The number of nitrogens with zero attached hydrogens (tertiary/aromatic N) is 2. The van der Waals surface area contributed by atoms with E-state index in [0.29, 0.717) is 65.1 Å². The van der Waals surface area contributed by atoms with Crippen LogP contribution >= 0.6 is 48.8 Å². The van der Waals surface area contributed by atoms with Crippen LogP contribution in [-0.2, 0) is 4.79 Å². The molecule has 12 nitrogen and oxygen atoms in total. The number of benzene rings is 4. The molecule has 0 bridgehead atoms. The van der Waals surface area contributed by atoms with Crippen LogP contribution in [0.5, 0.6) is 11.5 Å². The average Bonchev–Trinajstić information content (AvgIpc) is 4.21. The number of hydrogen-bond donors (Lipinski definition) is 3. The van der Waals surface area contributed by atoms with Gasteiger partial charge in [-0.25, -0.2) is 0 Å². The fraction of sp³-hybridized carbons (Fsp3) is 0.375. The number of ether oxygens (including phenoxy) is 2. The Bertz CT molecular complexity index is 2350. The predicted octanol–water partition coefficient (Wildman–Crippen LogP) is 8.45. The summed E-state index contributed by atoms with van der Waals surface area (Å²) in [6.45, 7) is 3.41. The number of likely N-dealkylation sites (tertiary alicyclic amines) is 2. The quantitative estimate of drug-likeness (QED) is 0.0944. The third kappa shape index (κ3) is 13.2. The minimum Gasteiger partial charge on any atom is -1.00 e. The van der Waals surface area contributed by atoms with E-state index < -0.39 is 11.6 Å². The monoisotopic (exact) mass is 1080 g/mol. The summed E-state index contributed by atoms with van der Waals surface area (Å²) in [7, 11) is 3.09. The van der Waals surface area contributed by atoms with Gasteiger partial charge in [0.2, 0.25) is 0 Å². The van der Waals surface area contributed by atoms with Gasteiger partial charge in [-0.05, 0) is 148 Å². The fourth-order valence-corrected chi connectivity index (χ4v) is 8.61. The van der Waals surface area contributed by atoms with Gasteiger partial charge in [0.1, 0.15) is 11.5 Å². The van der Waals surface area contributed by atoms with Crippen molar-refractivity contribution in [2.24, 2.45) is 11.8 Å². The zero-order valence-corrected chi connectivity index (χ0v) is 42.8. The number of nitrogens with one attached hydrogen (secondary N) is 2. The Morgan fingerprint density at radius 1 is 0.719 bits per heavy atom. The molecule has 8 rings (SSSR count). The number of ketones is 1. The Kier molecular flexibility index (Phi) is 19.0. The maximum absolute atomic E-state index is 13.4. The molecule has 4 aromatic rings. The SMILES string of the molecule is Br.COc1cc(C(=O)N2CC(=O)C[C@@H]2c2cccc(C(=O)NCC3CC3)c2)ccc1Br.COc1cc(C(=O)N2CC(C)(O)C[C@@H]2c2cccc(C(=O)NCC3CC3)c2)ccc1Br.[CH3-].[H-].[Mg+2]. The maximum atomic E-state index is 13.4. The van der Waals surface area contributed by atoms with Crippen molar-refractivity contribution < 1.29 is 40.0 Å². The van der Waals surface area contributed by atoms with Crippen LogP contribution < -0.4 is 20.1 Å². The standard InChI is InChI=1S/C24H27BrN2O4.C23H23BrN2O4.CH3.BrH.Mg.H/c1-24(30)12-20(16-4-3-5-17(10-16)22(28)26-13-15-6-7-15)27(14-24)23(29)18-8-9-19(25)21(11-18)31-2;1-30-21-10-17(7-8-19(21)24)23(29)26-13-18(27)11-20(26)15-3-2-4-16(9-15)22(28)25-12-14-5-6-14;;;;/h3-5,8-11,15,20,30H,6-7,12-14H2,1-2H3,(H,26,28);2-4,7-10,14,20H,5-6,11-13H2,1H3,(H,25,28);1H3;1H;;/q;;-1;;+2;-1/t20-,24?;20-;;;;/m11..../s1. The first-order valence-electron chi connectivity index (χ1n) is 20.5. The maximum Gasteiger partial charge on any atom is 2.00 e. The molecule has 4 aliphatic rings. The summed E-state index contributed by atoms with van der Waals surface area (Å²) >= 11 is 6.80. The minimum absolute atomic E-state index is 0. The van der Waals surface area contributed by atoms with Crippen molar-refractivity contribution in [3.8, 4) is 11.5 Å². The molecule has 3 N–H and O–H groups in total. The topological polar surface area (TPSA) is 155 Å². The Balaban J connectivity index is 0.000000325. The molecule has 2 saturated heterocycles. The summed E-state index contributed by atoms with van der Waals surface area (Å²) in [5.74, 6) is 1.68. The smallest absolute Gasteiger partial charge is 1.00 e. The zero-order chi connectivity index (χ0) is 43.4. The number of hydrogen-bond acceptors (Lipinski definition) is 8. The van der Waals surface area contributed by atoms with E-state index in [4.69, 9.17) is 9.47 Å². The van der Waals surface area contributed by atoms with Gasteiger partial charge < -0.3 is 43.9 Å². The second kappa shape index (κ2) is 23.1. The molecule has 2 saturated carbocycles. The van der Waals surface area contributed by atoms with Gasteiger partial charge in [-0.3, -0.25) is 24.0 Å². The van der Waals surface area contributed by atoms with Gasteiger partial charge in [-0.2, -0.15) is 0 Å². The Morgan fingerprint density at radius 2 is 1.17 bits per heavy atom. The van der Waals surface area contributed by atoms with Crippen LogP contribution in [-0.4, -0.2) is 113 Å². The van der Waals surface area contributed by atoms with Crippen molar-refractivity contribution in [3.63, 3.8) is 0 Å². The van der Waals surface area contributed by atoms with Gasteiger partial charge in [-0.1, -0.05) is 24.3 Å². The van der Waals surface area contributed by atoms with Crippen LogP contribution in [0.2, 0.25) is 0 Å². The Morgan fingerprint density at radius 3 is 1.62 bits per heavy atom. The first kappa shape index (κ1) is 52.8. The fourth-order valence-electron chi connectivity index (χ4n) is 7.80. The molecule has 4 amide bonds. The predicted molar refractivity (Wildman–Crippen MR) is 260 cm³/mol. The van der Waals surface area contributed by atoms with Crippen LogP contribution in [0.1, 0.15) is 112 Å². The molecule has 3 atom stereocenters. The van der Waals surface area contributed by atoms with Gasteiger partial charge >= 0.3 is 23.1 Å². The van der Waals surface area contributed by atoms with Crippen molar-refractivity contribution >= 4 is 101 Å². The largest absolute Gasteiger partial charge is 2.00 e. The second-order valence-corrected chi connectivity index (χ2v) is 18.3. The summed E-state index contributed by atoms with van der Waals surface area (Å²) in [6.07, 6.45) is 5.34. The number of carbonyl (C=O) groups excluding carboxylic acids is 5. The first-order valence-corrected chi connectivity index (χ1v) is 22.1. The number of methoxy groups -OCH3 is 2. The molecule has 2 aliphatic heterocycles. The van der Waals surface area contributed by atoms with E-state index >= 15 is 0 Å². The second-order valence-electron chi connectivity index (χ2n) is 16.6. The molecule has 16 heteroatoms. The number of halogens is 3. The van der Waals surface area contributed by atoms with E-state index in [1.807, 2.05) is 24.3 Å². The van der Waals surface area contributed by atoms with Crippen LogP contribution in [0.4, 0.5) is 0 Å². The van der Waals surface area contributed by atoms with Crippen molar-refractivity contribution in [2.45, 2.75) is 63.1 Å². The first-order chi connectivity index (χ1) is 29.2. The molecule has 2 aliphatic carbocycles. The number of Topliss-reactive ketones (excluding diaryl/α,β-unsaturated/α-hetero) is 1. The normalized spacial score (nSPS) is 19.8. The number of amides is 4. The Hall–Kier alpha value is -3.80. The molecule has 0 aromatic heterocycles. The summed E-state index contributed by atoms with van der Waals surface area (Å²) < 4.78 is 12.1. The van der Waals surface area contributed by atoms with Crippen LogP contribution in [0.25, 0.3) is 0 Å². The van der Waals surface area contributed by atoms with Gasteiger partial charge in [0.15, 0.2) is 5.78 Å². The van der Waals surface area contributed by atoms with Gasteiger partial charge in [0.25, 0.3) is 23.6 Å². The number of β-amino-alcohol motifs (C(OH)–C–C–N with tert-alkyl or cyclic N) is 1. The summed E-state index contributed by atoms with van der Waals surface area (Å²) in [5.41, 5.74) is 2.68. The molecule has 0 radical (unpaired) electrons. The van der Waals surface area contributed by atoms with E-state index in [0.717, 1.165) is 20.1 Å². The van der Waals surface area contributed by atoms with Crippen LogP contribution in [0.15, 0.2) is 93.9 Å². The molecule has 4 fully saturated rings. The minimum atomic E-state index is -1.01. The van der Waals surface area contributed by atoms with E-state index in [2.05, 4.69) is 42.5 Å². The molecule has 64 heavy (non-hydrogen) atoms. The molecule has 0 spiro atoms. The zero-order valence-electron chi connectivity index (χ0n) is 37.5. The van der Waals surface area contributed by atoms with Crippen LogP contribution in [0.3, 0.4) is 0 Å². The average molecular weight is 1080 g/mol. The van der Waals surface area contributed by atoms with Crippen LogP contribution in [0, 0.1) is 19.3 Å². The van der Waals surface area contributed by atoms with Gasteiger partial charge in [-0.15, -0.1) is 17.0 Å². The third-order valence-electron chi connectivity index (χ3n) is 11.5. The van der Waals surface area contributed by atoms with Gasteiger partial charge in [0.05, 0.1) is 53.9 Å². The molecular weight excluding hydrogens is 1020 g/mol. The Labute approximate surface area is 420 Å². The van der Waals surface area contributed by atoms with E-state index in [1.165, 1.54) is 32.8 Å². The third-order valence-corrected chi connectivity index (χ3v) is 12.9. The molecular formula is C48H55Br3MgN4O8. The molecule has 2 heterocycles. The van der Waals surface area contributed by atoms with E-state index in [1.54, 1.807) is 84.5 Å². The summed E-state index contributed by atoms with van der Waals surface area (Å²) in [5, 5.41) is 16.7. The molecule has 1 unspecified atom stereocenters. The van der Waals surface area contributed by atoms with Crippen molar-refractivity contribution in [1.82, 2.24) is 20.4 Å². The van der Waals surface area contributed by atoms with Gasteiger partial charge in [0, 0.05) is 48.2 Å². The van der Waals surface area contributed by atoms with E-state index in [9.17, 15) is 29.1 Å².